The molecule has 19 heavy (non-hydrogen) atoms. The van der Waals surface area contributed by atoms with Crippen molar-refractivity contribution in [3.05, 3.63) is 29.8 Å². The summed E-state index contributed by atoms with van der Waals surface area (Å²) in [7, 11) is 0. The Balaban J connectivity index is 2.51. The summed E-state index contributed by atoms with van der Waals surface area (Å²) in [4.78, 5) is 23.5. The van der Waals surface area contributed by atoms with Crippen molar-refractivity contribution in [2.75, 3.05) is 6.54 Å². The summed E-state index contributed by atoms with van der Waals surface area (Å²) in [6, 6.07) is 5.27. The van der Waals surface area contributed by atoms with E-state index in [1.54, 1.807) is 6.92 Å². The van der Waals surface area contributed by atoms with Crippen molar-refractivity contribution < 1.29 is 14.7 Å². The second-order valence-corrected chi connectivity index (χ2v) is 4.88. The van der Waals surface area contributed by atoms with Crippen molar-refractivity contribution in [2.24, 2.45) is 5.92 Å². The van der Waals surface area contributed by atoms with Gasteiger partial charge in [0.15, 0.2) is 0 Å². The van der Waals surface area contributed by atoms with Crippen LogP contribution in [0.2, 0.25) is 0 Å². The molecular formula is C14H20N2O3. The predicted octanol–water partition coefficient (Wildman–Crippen LogP) is 1.28. The highest BCUT2D eigenvalue weighted by molar-refractivity contribution is 5.97. The Morgan fingerprint density at radius 2 is 1.74 bits per heavy atom. The van der Waals surface area contributed by atoms with Gasteiger partial charge in [0, 0.05) is 12.1 Å². The number of phenolic OH excluding ortho intramolecular Hbond substituents is 1. The molecule has 0 aliphatic rings. The minimum Gasteiger partial charge on any atom is -0.508 e. The largest absolute Gasteiger partial charge is 0.508 e. The first-order chi connectivity index (χ1) is 8.90. The van der Waals surface area contributed by atoms with Gasteiger partial charge in [-0.25, -0.2) is 0 Å². The van der Waals surface area contributed by atoms with Gasteiger partial charge in [-0.2, -0.15) is 0 Å². The average molecular weight is 264 g/mol. The van der Waals surface area contributed by atoms with Crippen LogP contribution >= 0.6 is 0 Å². The van der Waals surface area contributed by atoms with Gasteiger partial charge in [0.05, 0.1) is 0 Å². The number of aromatic hydroxyl groups is 1. The molecule has 0 radical (unpaired) electrons. The molecule has 0 spiro atoms. The molecule has 0 aromatic heterocycles. The van der Waals surface area contributed by atoms with Crippen LogP contribution in [0.5, 0.6) is 5.75 Å². The van der Waals surface area contributed by atoms with Crippen molar-refractivity contribution in [3.8, 4) is 5.75 Å². The number of phenols is 1. The van der Waals surface area contributed by atoms with Crippen LogP contribution in [0.4, 0.5) is 0 Å². The molecule has 5 nitrogen and oxygen atoms in total. The van der Waals surface area contributed by atoms with E-state index in [4.69, 9.17) is 5.11 Å². The second-order valence-electron chi connectivity index (χ2n) is 4.88. The zero-order valence-electron chi connectivity index (χ0n) is 11.4. The molecule has 0 aliphatic heterocycles. The average Bonchev–Trinajstić information content (AvgIpc) is 2.36. The maximum Gasteiger partial charge on any atom is 0.251 e. The van der Waals surface area contributed by atoms with Gasteiger partial charge < -0.3 is 15.7 Å². The monoisotopic (exact) mass is 264 g/mol. The van der Waals surface area contributed by atoms with E-state index in [-0.39, 0.29) is 17.6 Å². The Kier molecular flexibility index (Phi) is 5.36. The van der Waals surface area contributed by atoms with Crippen LogP contribution in [-0.2, 0) is 4.79 Å². The first-order valence-corrected chi connectivity index (χ1v) is 6.27. The highest BCUT2D eigenvalue weighted by Gasteiger charge is 2.16. The number of nitrogens with one attached hydrogen (secondary N) is 2. The summed E-state index contributed by atoms with van der Waals surface area (Å²) in [5, 5.41) is 14.5. The molecule has 5 heteroatoms. The van der Waals surface area contributed by atoms with Crippen molar-refractivity contribution in [3.63, 3.8) is 0 Å². The predicted molar refractivity (Wildman–Crippen MR) is 72.9 cm³/mol. The van der Waals surface area contributed by atoms with Crippen LogP contribution in [0.1, 0.15) is 31.1 Å². The number of benzene rings is 1. The lowest BCUT2D eigenvalue weighted by molar-refractivity contribution is -0.122. The van der Waals surface area contributed by atoms with Crippen LogP contribution < -0.4 is 10.6 Å². The van der Waals surface area contributed by atoms with Crippen LogP contribution in [0.25, 0.3) is 0 Å². The third kappa shape index (κ3) is 4.99. The van der Waals surface area contributed by atoms with E-state index in [1.165, 1.54) is 24.3 Å². The standard InChI is InChI=1S/C14H20N2O3/c1-9(2)8-15-13(18)10(3)16-14(19)11-4-6-12(17)7-5-11/h4-7,9-10,17H,8H2,1-3H3,(H,15,18)(H,16,19). The Morgan fingerprint density at radius 1 is 1.16 bits per heavy atom. The highest BCUT2D eigenvalue weighted by atomic mass is 16.3. The third-order valence-corrected chi connectivity index (χ3v) is 2.55. The van der Waals surface area contributed by atoms with Crippen molar-refractivity contribution in [2.45, 2.75) is 26.8 Å². The van der Waals surface area contributed by atoms with Gasteiger partial charge in [0.2, 0.25) is 5.91 Å². The van der Waals surface area contributed by atoms with Gasteiger partial charge in [-0.05, 0) is 37.1 Å². The maximum atomic E-state index is 11.8. The fraction of sp³-hybridized carbons (Fsp3) is 0.429. The number of carbonyl (C=O) groups is 2. The zero-order valence-corrected chi connectivity index (χ0v) is 11.4. The van der Waals surface area contributed by atoms with Crippen LogP contribution in [0.15, 0.2) is 24.3 Å². The Labute approximate surface area is 113 Å². The number of rotatable bonds is 5. The molecule has 104 valence electrons. The highest BCUT2D eigenvalue weighted by Crippen LogP contribution is 2.09. The SMILES string of the molecule is CC(C)CNC(=O)C(C)NC(=O)c1ccc(O)cc1. The van der Waals surface area contributed by atoms with E-state index >= 15 is 0 Å². The summed E-state index contributed by atoms with van der Waals surface area (Å²) in [5.74, 6) is -0.0868. The van der Waals surface area contributed by atoms with E-state index in [1.807, 2.05) is 13.8 Å². The Hall–Kier alpha value is -2.04. The summed E-state index contributed by atoms with van der Waals surface area (Å²) in [6.07, 6.45) is 0. The maximum absolute atomic E-state index is 11.8. The van der Waals surface area contributed by atoms with Gasteiger partial charge >= 0.3 is 0 Å². The molecule has 0 aliphatic carbocycles. The van der Waals surface area contributed by atoms with Gasteiger partial charge in [-0.3, -0.25) is 9.59 Å². The van der Waals surface area contributed by atoms with Crippen molar-refractivity contribution in [1.82, 2.24) is 10.6 Å². The van der Waals surface area contributed by atoms with Gasteiger partial charge in [0.25, 0.3) is 5.91 Å². The minimum atomic E-state index is -0.597. The van der Waals surface area contributed by atoms with E-state index in [0.717, 1.165) is 0 Å². The summed E-state index contributed by atoms with van der Waals surface area (Å²) in [6.45, 7) is 6.21. The number of hydrogen-bond donors (Lipinski definition) is 3. The number of hydrogen-bond acceptors (Lipinski definition) is 3. The Bertz CT molecular complexity index is 441. The summed E-state index contributed by atoms with van der Waals surface area (Å²) in [5.41, 5.74) is 0.404. The van der Waals surface area contributed by atoms with Gasteiger partial charge in [0.1, 0.15) is 11.8 Å². The van der Waals surface area contributed by atoms with Crippen LogP contribution in [0.3, 0.4) is 0 Å². The van der Waals surface area contributed by atoms with Crippen molar-refractivity contribution in [1.29, 1.82) is 0 Å². The molecule has 3 N–H and O–H groups in total. The fourth-order valence-corrected chi connectivity index (χ4v) is 1.42. The van der Waals surface area contributed by atoms with E-state index < -0.39 is 6.04 Å². The van der Waals surface area contributed by atoms with Crippen molar-refractivity contribution >= 4 is 11.8 Å². The normalized spacial score (nSPS) is 12.0. The van der Waals surface area contributed by atoms with Gasteiger partial charge in [-0.15, -0.1) is 0 Å². The first kappa shape index (κ1) is 15.0. The van der Waals surface area contributed by atoms with E-state index in [2.05, 4.69) is 10.6 Å². The molecule has 2 amide bonds. The molecule has 1 rings (SSSR count). The molecule has 0 saturated heterocycles. The molecule has 0 saturated carbocycles. The van der Waals surface area contributed by atoms with Crippen LogP contribution in [-0.4, -0.2) is 29.5 Å². The first-order valence-electron chi connectivity index (χ1n) is 6.27. The quantitative estimate of drug-likeness (QED) is 0.749. The number of carbonyl (C=O) groups excluding carboxylic acids is 2. The van der Waals surface area contributed by atoms with Gasteiger partial charge in [-0.1, -0.05) is 13.8 Å². The second kappa shape index (κ2) is 6.78. The molecule has 1 aromatic carbocycles. The summed E-state index contributed by atoms with van der Waals surface area (Å²) >= 11 is 0. The minimum absolute atomic E-state index is 0.0966. The molecule has 0 fully saturated rings. The molecule has 1 unspecified atom stereocenters. The zero-order chi connectivity index (χ0) is 14.4. The lowest BCUT2D eigenvalue weighted by atomic mass is 10.2. The fourth-order valence-electron chi connectivity index (χ4n) is 1.42. The van der Waals surface area contributed by atoms with E-state index in [9.17, 15) is 9.59 Å². The lowest BCUT2D eigenvalue weighted by Gasteiger charge is -2.15. The molecule has 1 atom stereocenters. The smallest absolute Gasteiger partial charge is 0.251 e. The van der Waals surface area contributed by atoms with E-state index in [0.29, 0.717) is 18.0 Å². The topological polar surface area (TPSA) is 78.4 Å². The lowest BCUT2D eigenvalue weighted by Crippen LogP contribution is -2.45. The molecule has 0 bridgehead atoms. The molecule has 0 heterocycles. The third-order valence-electron chi connectivity index (χ3n) is 2.55. The molecular weight excluding hydrogens is 244 g/mol. The Morgan fingerprint density at radius 3 is 2.26 bits per heavy atom. The van der Waals surface area contributed by atoms with Crippen LogP contribution in [0, 0.1) is 5.92 Å². The summed E-state index contributed by atoms with van der Waals surface area (Å²) < 4.78 is 0. The number of amides is 2. The molecule has 1 aromatic rings.